The number of carbonyl (C=O) groups is 1. The summed E-state index contributed by atoms with van der Waals surface area (Å²) in [5, 5.41) is 6.44. The van der Waals surface area contributed by atoms with Crippen molar-refractivity contribution in [1.29, 1.82) is 0 Å². The summed E-state index contributed by atoms with van der Waals surface area (Å²) in [6, 6.07) is 7.08. The topological polar surface area (TPSA) is 79.3 Å². The van der Waals surface area contributed by atoms with E-state index in [1.165, 1.54) is 0 Å². The minimum atomic E-state index is -0.287. The summed E-state index contributed by atoms with van der Waals surface area (Å²) in [5.41, 5.74) is 1.62. The molecular formula is C14H13N5OS. The van der Waals surface area contributed by atoms with Crippen LogP contribution in [-0.2, 0) is 0 Å². The van der Waals surface area contributed by atoms with Crippen LogP contribution in [0.3, 0.4) is 0 Å². The molecule has 2 aromatic rings. The fourth-order valence-electron chi connectivity index (χ4n) is 1.85. The van der Waals surface area contributed by atoms with E-state index in [1.807, 2.05) is 12.1 Å². The van der Waals surface area contributed by atoms with E-state index in [0.29, 0.717) is 11.4 Å². The van der Waals surface area contributed by atoms with Gasteiger partial charge in [0.25, 0.3) is 0 Å². The van der Waals surface area contributed by atoms with Crippen molar-refractivity contribution < 1.29 is 4.79 Å². The normalized spacial score (nSPS) is 17.1. The molecule has 1 unspecified atom stereocenters. The molecule has 1 aliphatic rings. The Morgan fingerprint density at radius 2 is 2.00 bits per heavy atom. The number of hydrogen-bond donors (Lipinski definition) is 2. The average molecular weight is 299 g/mol. The molecule has 0 bridgehead atoms. The van der Waals surface area contributed by atoms with Gasteiger partial charge in [0.1, 0.15) is 11.2 Å². The van der Waals surface area contributed by atoms with Gasteiger partial charge in [0.05, 0.1) is 11.9 Å². The molecule has 106 valence electrons. The van der Waals surface area contributed by atoms with E-state index in [0.717, 1.165) is 10.6 Å². The third kappa shape index (κ3) is 3.57. The summed E-state index contributed by atoms with van der Waals surface area (Å²) in [5.74, 6) is 0.713. The fraction of sp³-hybridized carbons (Fsp3) is 0.143. The van der Waals surface area contributed by atoms with Gasteiger partial charge < -0.3 is 10.6 Å². The molecule has 1 aliphatic heterocycles. The standard InChI is InChI=1S/C14H13N5OS/c20-14(17-11-4-2-6-16-8-11)19-12-9-21-13(18-12)10-3-1-5-15-7-10/h1-8,12H,9H2,(H2,17,19,20). The first-order chi connectivity index (χ1) is 10.3. The van der Waals surface area contributed by atoms with Gasteiger partial charge in [-0.15, -0.1) is 11.8 Å². The zero-order chi connectivity index (χ0) is 14.5. The number of anilines is 1. The molecular weight excluding hydrogens is 286 g/mol. The van der Waals surface area contributed by atoms with Gasteiger partial charge in [-0.1, -0.05) is 0 Å². The Morgan fingerprint density at radius 1 is 1.19 bits per heavy atom. The van der Waals surface area contributed by atoms with Gasteiger partial charge in [-0.25, -0.2) is 4.79 Å². The second-order valence-corrected chi connectivity index (χ2v) is 5.35. The maximum absolute atomic E-state index is 11.9. The minimum Gasteiger partial charge on any atom is -0.315 e. The fourth-order valence-corrected chi connectivity index (χ4v) is 2.81. The number of nitrogens with one attached hydrogen (secondary N) is 2. The van der Waals surface area contributed by atoms with Crippen LogP contribution in [0.4, 0.5) is 10.5 Å². The molecule has 3 rings (SSSR count). The molecule has 6 nitrogen and oxygen atoms in total. The molecule has 0 spiro atoms. The van der Waals surface area contributed by atoms with Crippen molar-refractivity contribution in [3.8, 4) is 0 Å². The Labute approximate surface area is 126 Å². The molecule has 0 saturated heterocycles. The average Bonchev–Trinajstić information content (AvgIpc) is 2.97. The SMILES string of the molecule is O=C(Nc1cccnc1)NC1CSC(c2cccnc2)=N1. The molecule has 2 amide bonds. The van der Waals surface area contributed by atoms with Crippen LogP contribution in [0.2, 0.25) is 0 Å². The van der Waals surface area contributed by atoms with E-state index >= 15 is 0 Å². The number of pyridine rings is 2. The zero-order valence-electron chi connectivity index (χ0n) is 11.1. The number of nitrogens with zero attached hydrogens (tertiary/aromatic N) is 3. The van der Waals surface area contributed by atoms with Crippen LogP contribution in [0.25, 0.3) is 0 Å². The Bertz CT molecular complexity index is 647. The van der Waals surface area contributed by atoms with Crippen molar-refractivity contribution in [2.45, 2.75) is 6.17 Å². The predicted octanol–water partition coefficient (Wildman–Crippen LogP) is 2.12. The maximum atomic E-state index is 11.9. The van der Waals surface area contributed by atoms with Crippen LogP contribution in [0.1, 0.15) is 5.56 Å². The Hall–Kier alpha value is -2.41. The first-order valence-corrected chi connectivity index (χ1v) is 7.38. The lowest BCUT2D eigenvalue weighted by molar-refractivity contribution is 0.250. The highest BCUT2D eigenvalue weighted by molar-refractivity contribution is 8.14. The number of amides is 2. The van der Waals surface area contributed by atoms with E-state index in [1.54, 1.807) is 48.7 Å². The number of carbonyl (C=O) groups excluding carboxylic acids is 1. The van der Waals surface area contributed by atoms with Crippen LogP contribution in [-0.4, -0.2) is 33.0 Å². The van der Waals surface area contributed by atoms with Gasteiger partial charge in [-0.05, 0) is 24.3 Å². The number of thioether (sulfide) groups is 1. The van der Waals surface area contributed by atoms with E-state index < -0.39 is 0 Å². The quantitative estimate of drug-likeness (QED) is 0.910. The van der Waals surface area contributed by atoms with Crippen molar-refractivity contribution in [1.82, 2.24) is 15.3 Å². The molecule has 7 heteroatoms. The first kappa shape index (κ1) is 13.6. The lowest BCUT2D eigenvalue weighted by atomic mass is 10.3. The van der Waals surface area contributed by atoms with E-state index in [2.05, 4.69) is 25.6 Å². The van der Waals surface area contributed by atoms with Crippen molar-refractivity contribution >= 4 is 28.5 Å². The molecule has 2 N–H and O–H groups in total. The largest absolute Gasteiger partial charge is 0.320 e. The van der Waals surface area contributed by atoms with Gasteiger partial charge in [0.15, 0.2) is 0 Å². The van der Waals surface area contributed by atoms with Crippen LogP contribution in [0.5, 0.6) is 0 Å². The van der Waals surface area contributed by atoms with Crippen LogP contribution < -0.4 is 10.6 Å². The second-order valence-electron chi connectivity index (χ2n) is 4.34. The first-order valence-electron chi connectivity index (χ1n) is 6.40. The molecule has 3 heterocycles. The highest BCUT2D eigenvalue weighted by atomic mass is 32.2. The molecule has 21 heavy (non-hydrogen) atoms. The molecule has 2 aromatic heterocycles. The molecule has 0 radical (unpaired) electrons. The zero-order valence-corrected chi connectivity index (χ0v) is 11.9. The minimum absolute atomic E-state index is 0.234. The molecule has 0 saturated carbocycles. The van der Waals surface area contributed by atoms with Gasteiger partial charge in [0.2, 0.25) is 0 Å². The van der Waals surface area contributed by atoms with Crippen LogP contribution in [0, 0.1) is 0 Å². The maximum Gasteiger partial charge on any atom is 0.320 e. The molecule has 0 fully saturated rings. The van der Waals surface area contributed by atoms with Gasteiger partial charge in [0, 0.05) is 29.9 Å². The van der Waals surface area contributed by atoms with Crippen molar-refractivity contribution in [2.24, 2.45) is 4.99 Å². The third-order valence-corrected chi connectivity index (χ3v) is 3.87. The molecule has 0 aliphatic carbocycles. The number of aromatic nitrogens is 2. The summed E-state index contributed by atoms with van der Waals surface area (Å²) >= 11 is 1.61. The summed E-state index contributed by atoms with van der Waals surface area (Å²) < 4.78 is 0. The number of hydrogen-bond acceptors (Lipinski definition) is 5. The van der Waals surface area contributed by atoms with E-state index in [4.69, 9.17) is 0 Å². The second kappa shape index (κ2) is 6.36. The number of urea groups is 1. The van der Waals surface area contributed by atoms with Gasteiger partial charge in [-0.3, -0.25) is 15.0 Å². The smallest absolute Gasteiger partial charge is 0.315 e. The van der Waals surface area contributed by atoms with Crippen molar-refractivity contribution in [3.05, 3.63) is 54.6 Å². The summed E-state index contributed by atoms with van der Waals surface area (Å²) in [7, 11) is 0. The highest BCUT2D eigenvalue weighted by Crippen LogP contribution is 2.21. The summed E-state index contributed by atoms with van der Waals surface area (Å²) in [6.07, 6.45) is 6.50. The Morgan fingerprint density at radius 3 is 2.71 bits per heavy atom. The van der Waals surface area contributed by atoms with Crippen molar-refractivity contribution in [3.63, 3.8) is 0 Å². The summed E-state index contributed by atoms with van der Waals surface area (Å²) in [4.78, 5) is 24.4. The Kier molecular flexibility index (Phi) is 4.11. The monoisotopic (exact) mass is 299 g/mol. The van der Waals surface area contributed by atoms with Gasteiger partial charge >= 0.3 is 6.03 Å². The Balaban J connectivity index is 1.59. The third-order valence-electron chi connectivity index (χ3n) is 2.78. The van der Waals surface area contributed by atoms with Gasteiger partial charge in [-0.2, -0.15) is 0 Å². The molecule has 1 atom stereocenters. The summed E-state index contributed by atoms with van der Waals surface area (Å²) in [6.45, 7) is 0. The van der Waals surface area contributed by atoms with Crippen LogP contribution in [0.15, 0.2) is 54.0 Å². The molecule has 0 aromatic carbocycles. The van der Waals surface area contributed by atoms with Crippen LogP contribution >= 0.6 is 11.8 Å². The van der Waals surface area contributed by atoms with E-state index in [9.17, 15) is 4.79 Å². The predicted molar refractivity (Wildman–Crippen MR) is 83.4 cm³/mol. The number of aliphatic imine (C=N–C) groups is 1. The highest BCUT2D eigenvalue weighted by Gasteiger charge is 2.21. The van der Waals surface area contributed by atoms with Crippen molar-refractivity contribution in [2.75, 3.05) is 11.1 Å². The number of rotatable bonds is 3. The lowest BCUT2D eigenvalue weighted by Crippen LogP contribution is -2.37. The van der Waals surface area contributed by atoms with E-state index in [-0.39, 0.29) is 12.2 Å². The lowest BCUT2D eigenvalue weighted by Gasteiger charge is -2.10.